The van der Waals surface area contributed by atoms with Crippen LogP contribution in [0.3, 0.4) is 0 Å². The summed E-state index contributed by atoms with van der Waals surface area (Å²) in [5.41, 5.74) is 6.10. The molecule has 0 saturated heterocycles. The zero-order valence-electron chi connectivity index (χ0n) is 14.4. The number of hydrogen-bond donors (Lipinski definition) is 0. The van der Waals surface area contributed by atoms with Crippen molar-refractivity contribution in [2.75, 3.05) is 14.1 Å². The maximum absolute atomic E-state index is 12.0. The van der Waals surface area contributed by atoms with Gasteiger partial charge >= 0.3 is 0 Å². The molecule has 0 aliphatic rings. The topological polar surface area (TPSA) is 38.1 Å². The highest BCUT2D eigenvalue weighted by Crippen LogP contribution is 2.25. The highest BCUT2D eigenvalue weighted by atomic mass is 16.2. The van der Waals surface area contributed by atoms with Gasteiger partial charge in [0.15, 0.2) is 0 Å². The van der Waals surface area contributed by atoms with Gasteiger partial charge in [-0.25, -0.2) is 4.68 Å². The van der Waals surface area contributed by atoms with E-state index < -0.39 is 0 Å². The van der Waals surface area contributed by atoms with Gasteiger partial charge in [0, 0.05) is 25.9 Å². The molecule has 1 aromatic heterocycles. The van der Waals surface area contributed by atoms with E-state index in [0.717, 1.165) is 22.5 Å². The van der Waals surface area contributed by atoms with Crippen LogP contribution in [0.4, 0.5) is 0 Å². The Morgan fingerprint density at radius 1 is 0.958 bits per heavy atom. The van der Waals surface area contributed by atoms with E-state index in [-0.39, 0.29) is 5.91 Å². The standard InChI is InChI=1S/C20H21N3O/c1-14-5-6-18(13-19(14)23-12-11-15(2)21-23)16-7-9-17(10-8-16)20(24)22(3)4/h5-13H,1-4H3. The first-order chi connectivity index (χ1) is 11.5. The molecule has 24 heavy (non-hydrogen) atoms. The minimum absolute atomic E-state index is 0.0122. The number of aryl methyl sites for hydroxylation is 2. The summed E-state index contributed by atoms with van der Waals surface area (Å²) in [6.07, 6.45) is 1.97. The number of carbonyl (C=O) groups is 1. The van der Waals surface area contributed by atoms with Crippen molar-refractivity contribution >= 4 is 5.91 Å². The molecule has 0 unspecified atom stereocenters. The summed E-state index contributed by atoms with van der Waals surface area (Å²) in [6, 6.07) is 16.0. The predicted octanol–water partition coefficient (Wildman–Crippen LogP) is 3.86. The molecule has 0 bridgehead atoms. The van der Waals surface area contributed by atoms with Crippen LogP contribution in [-0.2, 0) is 0 Å². The molecule has 0 aliphatic heterocycles. The van der Waals surface area contributed by atoms with Crippen molar-refractivity contribution in [2.45, 2.75) is 13.8 Å². The van der Waals surface area contributed by atoms with Gasteiger partial charge in [0.05, 0.1) is 11.4 Å². The third kappa shape index (κ3) is 3.08. The molecule has 4 heteroatoms. The van der Waals surface area contributed by atoms with Crippen LogP contribution < -0.4 is 0 Å². The van der Waals surface area contributed by atoms with Crippen LogP contribution >= 0.6 is 0 Å². The molecule has 1 amide bonds. The number of benzene rings is 2. The minimum Gasteiger partial charge on any atom is -0.345 e. The number of aromatic nitrogens is 2. The van der Waals surface area contributed by atoms with E-state index in [4.69, 9.17) is 0 Å². The van der Waals surface area contributed by atoms with Crippen LogP contribution in [0.2, 0.25) is 0 Å². The molecule has 0 N–H and O–H groups in total. The third-order valence-electron chi connectivity index (χ3n) is 4.05. The monoisotopic (exact) mass is 319 g/mol. The summed E-state index contributed by atoms with van der Waals surface area (Å²) in [4.78, 5) is 13.6. The van der Waals surface area contributed by atoms with Gasteiger partial charge in [-0.05, 0) is 54.8 Å². The molecule has 0 spiro atoms. The normalized spacial score (nSPS) is 10.7. The first-order valence-electron chi connectivity index (χ1n) is 7.91. The summed E-state index contributed by atoms with van der Waals surface area (Å²) >= 11 is 0. The van der Waals surface area contributed by atoms with E-state index >= 15 is 0 Å². The molecule has 3 rings (SSSR count). The molecule has 0 aliphatic carbocycles. The smallest absolute Gasteiger partial charge is 0.253 e. The fourth-order valence-electron chi connectivity index (χ4n) is 2.65. The summed E-state index contributed by atoms with van der Waals surface area (Å²) in [6.45, 7) is 4.06. The summed E-state index contributed by atoms with van der Waals surface area (Å²) in [5, 5.41) is 4.50. The minimum atomic E-state index is 0.0122. The van der Waals surface area contributed by atoms with E-state index in [1.807, 2.05) is 48.1 Å². The zero-order chi connectivity index (χ0) is 17.3. The lowest BCUT2D eigenvalue weighted by Gasteiger charge is -2.12. The fraction of sp³-hybridized carbons (Fsp3) is 0.200. The lowest BCUT2D eigenvalue weighted by Crippen LogP contribution is -2.21. The number of nitrogens with zero attached hydrogens (tertiary/aromatic N) is 3. The Labute approximate surface area is 142 Å². The van der Waals surface area contributed by atoms with E-state index in [2.05, 4.69) is 30.2 Å². The van der Waals surface area contributed by atoms with E-state index in [1.165, 1.54) is 5.56 Å². The Kier molecular flexibility index (Phi) is 4.21. The molecule has 0 radical (unpaired) electrons. The van der Waals surface area contributed by atoms with Gasteiger partial charge < -0.3 is 4.90 Å². The van der Waals surface area contributed by atoms with Gasteiger partial charge in [-0.1, -0.05) is 24.3 Å². The number of rotatable bonds is 3. The maximum atomic E-state index is 12.0. The second-order valence-electron chi connectivity index (χ2n) is 6.18. The molecule has 0 saturated carbocycles. The molecule has 0 fully saturated rings. The number of amides is 1. The van der Waals surface area contributed by atoms with E-state index in [1.54, 1.807) is 19.0 Å². The zero-order valence-corrected chi connectivity index (χ0v) is 14.4. The SMILES string of the molecule is Cc1ccn(-c2cc(-c3ccc(C(=O)N(C)C)cc3)ccc2C)n1. The van der Waals surface area contributed by atoms with Crippen LogP contribution in [0, 0.1) is 13.8 Å². The Hall–Kier alpha value is -2.88. The molecule has 4 nitrogen and oxygen atoms in total. The average molecular weight is 319 g/mol. The van der Waals surface area contributed by atoms with Crippen molar-refractivity contribution in [1.29, 1.82) is 0 Å². The summed E-state index contributed by atoms with van der Waals surface area (Å²) in [5.74, 6) is 0.0122. The van der Waals surface area contributed by atoms with Crippen molar-refractivity contribution in [2.24, 2.45) is 0 Å². The Bertz CT molecular complexity index is 876. The summed E-state index contributed by atoms with van der Waals surface area (Å²) < 4.78 is 1.90. The first kappa shape index (κ1) is 16.0. The van der Waals surface area contributed by atoms with Crippen LogP contribution in [0.5, 0.6) is 0 Å². The van der Waals surface area contributed by atoms with Gasteiger partial charge in [0.1, 0.15) is 0 Å². The van der Waals surface area contributed by atoms with Crippen molar-refractivity contribution < 1.29 is 4.79 Å². The highest BCUT2D eigenvalue weighted by Gasteiger charge is 2.09. The van der Waals surface area contributed by atoms with Gasteiger partial charge in [-0.15, -0.1) is 0 Å². The Morgan fingerprint density at radius 3 is 2.21 bits per heavy atom. The second kappa shape index (κ2) is 6.32. The molecule has 0 atom stereocenters. The van der Waals surface area contributed by atoms with E-state index in [9.17, 15) is 4.79 Å². The molecular formula is C20H21N3O. The van der Waals surface area contributed by atoms with Gasteiger partial charge in [0.25, 0.3) is 5.91 Å². The second-order valence-corrected chi connectivity index (χ2v) is 6.18. The lowest BCUT2D eigenvalue weighted by molar-refractivity contribution is 0.0827. The first-order valence-corrected chi connectivity index (χ1v) is 7.91. The third-order valence-corrected chi connectivity index (χ3v) is 4.05. The van der Waals surface area contributed by atoms with Crippen LogP contribution in [0.15, 0.2) is 54.7 Å². The number of carbonyl (C=O) groups excluding carboxylic acids is 1. The molecule has 1 heterocycles. The van der Waals surface area contributed by atoms with Crippen LogP contribution in [-0.4, -0.2) is 34.7 Å². The molecular weight excluding hydrogens is 298 g/mol. The van der Waals surface area contributed by atoms with Crippen LogP contribution in [0.25, 0.3) is 16.8 Å². The van der Waals surface area contributed by atoms with Gasteiger partial charge in [0.2, 0.25) is 0 Å². The lowest BCUT2D eigenvalue weighted by atomic mass is 10.0. The molecule has 3 aromatic rings. The Morgan fingerprint density at radius 2 is 1.62 bits per heavy atom. The van der Waals surface area contributed by atoms with Gasteiger partial charge in [-0.2, -0.15) is 5.10 Å². The van der Waals surface area contributed by atoms with E-state index in [0.29, 0.717) is 5.56 Å². The van der Waals surface area contributed by atoms with Crippen LogP contribution in [0.1, 0.15) is 21.6 Å². The largest absolute Gasteiger partial charge is 0.345 e. The van der Waals surface area contributed by atoms with Gasteiger partial charge in [-0.3, -0.25) is 4.79 Å². The Balaban J connectivity index is 1.97. The van der Waals surface area contributed by atoms with Crippen molar-refractivity contribution in [1.82, 2.24) is 14.7 Å². The van der Waals surface area contributed by atoms with Crippen molar-refractivity contribution in [3.8, 4) is 16.8 Å². The quantitative estimate of drug-likeness (QED) is 0.735. The fourth-order valence-corrected chi connectivity index (χ4v) is 2.65. The highest BCUT2D eigenvalue weighted by molar-refractivity contribution is 5.94. The average Bonchev–Trinajstić information content (AvgIpc) is 3.01. The maximum Gasteiger partial charge on any atom is 0.253 e. The number of hydrogen-bond acceptors (Lipinski definition) is 2. The molecule has 122 valence electrons. The predicted molar refractivity (Wildman–Crippen MR) is 96.5 cm³/mol. The van der Waals surface area contributed by atoms with Crippen molar-refractivity contribution in [3.05, 3.63) is 71.5 Å². The van der Waals surface area contributed by atoms with Crippen molar-refractivity contribution in [3.63, 3.8) is 0 Å². The summed E-state index contributed by atoms with van der Waals surface area (Å²) in [7, 11) is 3.52. The molecule has 2 aromatic carbocycles.